The van der Waals surface area contributed by atoms with Crippen molar-refractivity contribution in [3.05, 3.63) is 53.6 Å². The van der Waals surface area contributed by atoms with E-state index in [9.17, 15) is 9.18 Å². The van der Waals surface area contributed by atoms with Crippen molar-refractivity contribution in [3.63, 3.8) is 0 Å². The van der Waals surface area contributed by atoms with Gasteiger partial charge in [0.2, 0.25) is 5.91 Å². The zero-order valence-corrected chi connectivity index (χ0v) is 10.5. The van der Waals surface area contributed by atoms with Crippen LogP contribution in [0.3, 0.4) is 0 Å². The van der Waals surface area contributed by atoms with Crippen LogP contribution in [0.2, 0.25) is 0 Å². The Bertz CT molecular complexity index is 564. The second-order valence-electron chi connectivity index (χ2n) is 4.21. The van der Waals surface area contributed by atoms with Crippen LogP contribution in [0.5, 0.6) is 0 Å². The molecule has 0 aliphatic rings. The Kier molecular flexibility index (Phi) is 3.91. The third-order valence-corrected chi connectivity index (χ3v) is 2.90. The Morgan fingerprint density at radius 1 is 1.42 bits per heavy atom. The van der Waals surface area contributed by atoms with E-state index in [-0.39, 0.29) is 5.82 Å². The number of carbonyl (C=O) groups excluding carboxylic acids is 1. The monoisotopic (exact) mass is 262 g/mol. The fourth-order valence-electron chi connectivity index (χ4n) is 1.82. The molecule has 1 heterocycles. The van der Waals surface area contributed by atoms with Gasteiger partial charge in [-0.3, -0.25) is 14.8 Å². The highest BCUT2D eigenvalue weighted by atomic mass is 19.1. The van der Waals surface area contributed by atoms with E-state index in [1.165, 1.54) is 12.1 Å². The van der Waals surface area contributed by atoms with Crippen LogP contribution >= 0.6 is 0 Å². The van der Waals surface area contributed by atoms with Crippen LogP contribution in [-0.4, -0.2) is 15.7 Å². The van der Waals surface area contributed by atoms with Gasteiger partial charge in [0.15, 0.2) is 0 Å². The third kappa shape index (κ3) is 3.17. The predicted molar refractivity (Wildman–Crippen MR) is 68.4 cm³/mol. The minimum absolute atomic E-state index is 0.349. The van der Waals surface area contributed by atoms with E-state index in [1.54, 1.807) is 23.0 Å². The molecule has 0 aliphatic carbocycles. The van der Waals surface area contributed by atoms with E-state index in [1.807, 2.05) is 13.1 Å². The molecule has 5 nitrogen and oxygen atoms in total. The smallest absolute Gasteiger partial charge is 0.239 e. The Balaban J connectivity index is 2.11. The molecule has 1 unspecified atom stereocenters. The summed E-state index contributed by atoms with van der Waals surface area (Å²) in [5.74, 6) is -0.854. The maximum atomic E-state index is 12.9. The Morgan fingerprint density at radius 2 is 2.11 bits per heavy atom. The first-order chi connectivity index (χ1) is 9.08. The summed E-state index contributed by atoms with van der Waals surface area (Å²) in [6, 6.07) is 6.88. The number of nitrogens with one attached hydrogen (secondary N) is 1. The Labute approximate surface area is 110 Å². The molecule has 1 aromatic carbocycles. The number of nitrogens with zero attached hydrogens (tertiary/aromatic N) is 2. The molecule has 0 saturated heterocycles. The van der Waals surface area contributed by atoms with Crippen LogP contribution in [0.25, 0.3) is 0 Å². The summed E-state index contributed by atoms with van der Waals surface area (Å²) in [4.78, 5) is 11.5. The first-order valence-corrected chi connectivity index (χ1v) is 5.83. The molecule has 3 N–H and O–H groups in total. The molecule has 2 aromatic rings. The van der Waals surface area contributed by atoms with E-state index in [4.69, 9.17) is 5.73 Å². The van der Waals surface area contributed by atoms with Crippen molar-refractivity contribution in [3.8, 4) is 0 Å². The fraction of sp³-hybridized carbons (Fsp3) is 0.231. The summed E-state index contributed by atoms with van der Waals surface area (Å²) in [5.41, 5.74) is 6.93. The number of primary amides is 1. The molecule has 6 heteroatoms. The number of aryl methyl sites for hydroxylation is 1. The minimum Gasteiger partial charge on any atom is -0.368 e. The lowest BCUT2D eigenvalue weighted by atomic mass is 10.1. The lowest BCUT2D eigenvalue weighted by molar-refractivity contribution is -0.120. The van der Waals surface area contributed by atoms with Crippen LogP contribution in [-0.2, 0) is 18.4 Å². The summed E-state index contributed by atoms with van der Waals surface area (Å²) >= 11 is 0. The second kappa shape index (κ2) is 5.62. The number of carbonyl (C=O) groups is 1. The minimum atomic E-state index is -0.657. The molecule has 100 valence electrons. The van der Waals surface area contributed by atoms with Crippen molar-refractivity contribution < 1.29 is 9.18 Å². The largest absolute Gasteiger partial charge is 0.368 e. The lowest BCUT2D eigenvalue weighted by Gasteiger charge is -2.15. The van der Waals surface area contributed by atoms with Gasteiger partial charge in [0.05, 0.1) is 5.69 Å². The second-order valence-corrected chi connectivity index (χ2v) is 4.21. The summed E-state index contributed by atoms with van der Waals surface area (Å²) in [6.07, 6.45) is 1.67. The fourth-order valence-corrected chi connectivity index (χ4v) is 1.82. The molecule has 0 radical (unpaired) electrons. The average molecular weight is 262 g/mol. The Hall–Kier alpha value is -2.21. The molecule has 1 aromatic heterocycles. The molecule has 19 heavy (non-hydrogen) atoms. The average Bonchev–Trinajstić information content (AvgIpc) is 2.77. The molecular formula is C13H15FN4O. The van der Waals surface area contributed by atoms with Gasteiger partial charge in [0.25, 0.3) is 0 Å². The van der Waals surface area contributed by atoms with Gasteiger partial charge in [-0.1, -0.05) is 12.1 Å². The number of rotatable bonds is 5. The summed E-state index contributed by atoms with van der Waals surface area (Å²) in [5, 5.41) is 7.08. The van der Waals surface area contributed by atoms with Crippen LogP contribution in [0.1, 0.15) is 17.3 Å². The molecule has 1 atom stereocenters. The van der Waals surface area contributed by atoms with Crippen LogP contribution in [0.15, 0.2) is 36.5 Å². The van der Waals surface area contributed by atoms with Crippen molar-refractivity contribution in [1.82, 2.24) is 15.1 Å². The van der Waals surface area contributed by atoms with Crippen LogP contribution < -0.4 is 11.1 Å². The normalized spacial score (nSPS) is 12.3. The number of hydrogen-bond acceptors (Lipinski definition) is 3. The number of halogens is 1. The SMILES string of the molecule is Cn1nccc1CNC(C(N)=O)c1ccc(F)cc1. The van der Waals surface area contributed by atoms with E-state index in [2.05, 4.69) is 10.4 Å². The van der Waals surface area contributed by atoms with Gasteiger partial charge >= 0.3 is 0 Å². The maximum Gasteiger partial charge on any atom is 0.239 e. The zero-order valence-electron chi connectivity index (χ0n) is 10.5. The van der Waals surface area contributed by atoms with Gasteiger partial charge in [-0.15, -0.1) is 0 Å². The highest BCUT2D eigenvalue weighted by Gasteiger charge is 2.17. The van der Waals surface area contributed by atoms with E-state index >= 15 is 0 Å². The number of nitrogens with two attached hydrogens (primary N) is 1. The van der Waals surface area contributed by atoms with Crippen molar-refractivity contribution in [2.45, 2.75) is 12.6 Å². The summed E-state index contributed by atoms with van der Waals surface area (Å²) in [7, 11) is 1.81. The van der Waals surface area contributed by atoms with Crippen molar-refractivity contribution >= 4 is 5.91 Å². The number of benzene rings is 1. The van der Waals surface area contributed by atoms with E-state index < -0.39 is 11.9 Å². The first kappa shape index (κ1) is 13.2. The maximum absolute atomic E-state index is 12.9. The first-order valence-electron chi connectivity index (χ1n) is 5.83. The van der Waals surface area contributed by atoms with Gasteiger partial charge in [-0.2, -0.15) is 5.10 Å². The van der Waals surface area contributed by atoms with Gasteiger partial charge in [0, 0.05) is 19.8 Å². The highest BCUT2D eigenvalue weighted by molar-refractivity contribution is 5.81. The van der Waals surface area contributed by atoms with Crippen molar-refractivity contribution in [2.75, 3.05) is 0 Å². The predicted octanol–water partition coefficient (Wildman–Crippen LogP) is 0.875. The van der Waals surface area contributed by atoms with E-state index in [0.717, 1.165) is 5.69 Å². The molecule has 0 spiro atoms. The number of hydrogen-bond donors (Lipinski definition) is 2. The third-order valence-electron chi connectivity index (χ3n) is 2.90. The molecule has 0 bridgehead atoms. The standard InChI is InChI=1S/C13H15FN4O/c1-18-11(6-7-17-18)8-16-12(13(15)19)9-2-4-10(14)5-3-9/h2-7,12,16H,8H2,1H3,(H2,15,19). The lowest BCUT2D eigenvalue weighted by Crippen LogP contribution is -2.33. The molecule has 0 fully saturated rings. The zero-order chi connectivity index (χ0) is 13.8. The molecule has 2 rings (SSSR count). The topological polar surface area (TPSA) is 72.9 Å². The van der Waals surface area contributed by atoms with Gasteiger partial charge in [0.1, 0.15) is 11.9 Å². The van der Waals surface area contributed by atoms with Gasteiger partial charge in [-0.05, 0) is 23.8 Å². The molecular weight excluding hydrogens is 247 g/mol. The van der Waals surface area contributed by atoms with Crippen LogP contribution in [0.4, 0.5) is 4.39 Å². The molecule has 0 aliphatic heterocycles. The van der Waals surface area contributed by atoms with Gasteiger partial charge < -0.3 is 5.73 Å². The van der Waals surface area contributed by atoms with E-state index in [0.29, 0.717) is 12.1 Å². The van der Waals surface area contributed by atoms with Crippen molar-refractivity contribution in [1.29, 1.82) is 0 Å². The van der Waals surface area contributed by atoms with Crippen molar-refractivity contribution in [2.24, 2.45) is 12.8 Å². The number of amides is 1. The molecule has 1 amide bonds. The molecule has 0 saturated carbocycles. The quantitative estimate of drug-likeness (QED) is 0.840. The number of aromatic nitrogens is 2. The highest BCUT2D eigenvalue weighted by Crippen LogP contribution is 2.14. The van der Waals surface area contributed by atoms with Crippen LogP contribution in [0, 0.1) is 5.82 Å². The summed E-state index contributed by atoms with van der Waals surface area (Å²) in [6.45, 7) is 0.446. The van der Waals surface area contributed by atoms with Gasteiger partial charge in [-0.25, -0.2) is 4.39 Å². The Morgan fingerprint density at radius 3 is 2.63 bits per heavy atom. The summed E-state index contributed by atoms with van der Waals surface area (Å²) < 4.78 is 14.6.